The number of ether oxygens (including phenoxy) is 1. The smallest absolute Gasteiger partial charge is 0.343 e. The van der Waals surface area contributed by atoms with E-state index in [0.717, 1.165) is 10.9 Å². The van der Waals surface area contributed by atoms with Gasteiger partial charge in [0.25, 0.3) is 0 Å². The Labute approximate surface area is 116 Å². The zero-order valence-electron chi connectivity index (χ0n) is 11.0. The van der Waals surface area contributed by atoms with Crippen LogP contribution >= 0.6 is 0 Å². The molecular weight excluding hydrogens is 250 g/mol. The highest BCUT2D eigenvalue weighted by molar-refractivity contribution is 5.94. The molecule has 0 aliphatic carbocycles. The summed E-state index contributed by atoms with van der Waals surface area (Å²) in [6.07, 6.45) is 1.77. The molecule has 0 saturated heterocycles. The third-order valence-corrected chi connectivity index (χ3v) is 3.02. The van der Waals surface area contributed by atoms with E-state index in [1.54, 1.807) is 36.5 Å². The first kappa shape index (κ1) is 12.4. The zero-order chi connectivity index (χ0) is 13.9. The standard InChI is InChI=1S/C17H13NO2/c1-12-10-14-8-5-9-15(16(14)18-11-12)20-17(19)13-6-3-2-4-7-13/h2-11H,1H3. The molecule has 98 valence electrons. The summed E-state index contributed by atoms with van der Waals surface area (Å²) >= 11 is 0. The van der Waals surface area contributed by atoms with Gasteiger partial charge in [0, 0.05) is 11.6 Å². The van der Waals surface area contributed by atoms with Crippen molar-refractivity contribution < 1.29 is 9.53 Å². The summed E-state index contributed by atoms with van der Waals surface area (Å²) < 4.78 is 5.45. The van der Waals surface area contributed by atoms with Crippen molar-refractivity contribution in [2.45, 2.75) is 6.92 Å². The van der Waals surface area contributed by atoms with E-state index in [0.29, 0.717) is 16.8 Å². The molecule has 0 saturated carbocycles. The lowest BCUT2D eigenvalue weighted by molar-refractivity contribution is 0.0737. The fourth-order valence-corrected chi connectivity index (χ4v) is 2.06. The van der Waals surface area contributed by atoms with Crippen LogP contribution in [0.3, 0.4) is 0 Å². The monoisotopic (exact) mass is 263 g/mol. The first-order chi connectivity index (χ1) is 9.74. The van der Waals surface area contributed by atoms with Crippen LogP contribution in [0.5, 0.6) is 5.75 Å². The van der Waals surface area contributed by atoms with E-state index >= 15 is 0 Å². The number of hydrogen-bond acceptors (Lipinski definition) is 3. The Hall–Kier alpha value is -2.68. The average Bonchev–Trinajstić information content (AvgIpc) is 2.48. The minimum atomic E-state index is -0.375. The Balaban J connectivity index is 1.97. The van der Waals surface area contributed by atoms with E-state index < -0.39 is 0 Å². The summed E-state index contributed by atoms with van der Waals surface area (Å²) in [5, 5.41) is 0.961. The van der Waals surface area contributed by atoms with Gasteiger partial charge in [-0.1, -0.05) is 30.3 Å². The van der Waals surface area contributed by atoms with Crippen LogP contribution in [0.25, 0.3) is 10.9 Å². The average molecular weight is 263 g/mol. The lowest BCUT2D eigenvalue weighted by Crippen LogP contribution is -2.08. The van der Waals surface area contributed by atoms with Gasteiger partial charge < -0.3 is 4.74 Å². The Morgan fingerprint density at radius 2 is 1.85 bits per heavy atom. The predicted molar refractivity (Wildman–Crippen MR) is 77.9 cm³/mol. The van der Waals surface area contributed by atoms with Gasteiger partial charge in [0.15, 0.2) is 5.75 Å². The minimum Gasteiger partial charge on any atom is -0.421 e. The summed E-state index contributed by atoms with van der Waals surface area (Å²) in [4.78, 5) is 16.4. The highest BCUT2D eigenvalue weighted by Gasteiger charge is 2.11. The summed E-state index contributed by atoms with van der Waals surface area (Å²) in [5.41, 5.74) is 2.29. The van der Waals surface area contributed by atoms with E-state index in [2.05, 4.69) is 4.98 Å². The number of esters is 1. The molecule has 0 unspecified atom stereocenters. The predicted octanol–water partition coefficient (Wildman–Crippen LogP) is 3.76. The minimum absolute atomic E-state index is 0.375. The molecule has 3 heteroatoms. The quantitative estimate of drug-likeness (QED) is 0.522. The van der Waals surface area contributed by atoms with Crippen molar-refractivity contribution >= 4 is 16.9 Å². The third kappa shape index (κ3) is 2.38. The molecule has 0 aliphatic heterocycles. The number of carbonyl (C=O) groups excluding carboxylic acids is 1. The van der Waals surface area contributed by atoms with Crippen molar-refractivity contribution in [3.8, 4) is 5.75 Å². The molecular formula is C17H13NO2. The number of nitrogens with zero attached hydrogens (tertiary/aromatic N) is 1. The van der Waals surface area contributed by atoms with E-state index in [9.17, 15) is 4.79 Å². The fourth-order valence-electron chi connectivity index (χ4n) is 2.06. The van der Waals surface area contributed by atoms with E-state index in [1.165, 1.54) is 0 Å². The van der Waals surface area contributed by atoms with Crippen molar-refractivity contribution in [2.24, 2.45) is 0 Å². The first-order valence-corrected chi connectivity index (χ1v) is 6.36. The number of aromatic nitrogens is 1. The van der Waals surface area contributed by atoms with Crippen LogP contribution < -0.4 is 4.74 Å². The van der Waals surface area contributed by atoms with Crippen molar-refractivity contribution in [3.05, 3.63) is 71.9 Å². The Kier molecular flexibility index (Phi) is 3.17. The topological polar surface area (TPSA) is 39.2 Å². The highest BCUT2D eigenvalue weighted by atomic mass is 16.5. The van der Waals surface area contributed by atoms with Gasteiger partial charge in [-0.3, -0.25) is 4.98 Å². The number of hydrogen-bond donors (Lipinski definition) is 0. The van der Waals surface area contributed by atoms with Crippen molar-refractivity contribution in [3.63, 3.8) is 0 Å². The van der Waals surface area contributed by atoms with Crippen LogP contribution in [-0.2, 0) is 0 Å². The maximum atomic E-state index is 12.1. The normalized spacial score (nSPS) is 10.4. The van der Waals surface area contributed by atoms with Gasteiger partial charge in [0.1, 0.15) is 5.52 Å². The largest absolute Gasteiger partial charge is 0.421 e. The second-order valence-electron chi connectivity index (χ2n) is 4.60. The second kappa shape index (κ2) is 5.13. The molecule has 0 radical (unpaired) electrons. The summed E-state index contributed by atoms with van der Waals surface area (Å²) in [5.74, 6) is 0.108. The number of benzene rings is 2. The SMILES string of the molecule is Cc1cnc2c(OC(=O)c3ccccc3)cccc2c1. The number of para-hydroxylation sites is 1. The van der Waals surface area contributed by atoms with Gasteiger partial charge in [0.2, 0.25) is 0 Å². The zero-order valence-corrected chi connectivity index (χ0v) is 11.0. The van der Waals surface area contributed by atoms with Gasteiger partial charge in [-0.05, 0) is 36.8 Å². The maximum Gasteiger partial charge on any atom is 0.343 e. The van der Waals surface area contributed by atoms with Crippen LogP contribution in [-0.4, -0.2) is 11.0 Å². The Bertz CT molecular complexity index is 766. The molecule has 0 fully saturated rings. The Morgan fingerprint density at radius 3 is 2.65 bits per heavy atom. The number of carbonyl (C=O) groups is 1. The molecule has 1 heterocycles. The molecule has 0 spiro atoms. The van der Waals surface area contributed by atoms with Crippen LogP contribution in [0, 0.1) is 6.92 Å². The van der Waals surface area contributed by atoms with Crippen molar-refractivity contribution in [1.29, 1.82) is 0 Å². The van der Waals surface area contributed by atoms with E-state index in [1.807, 2.05) is 31.2 Å². The van der Waals surface area contributed by atoms with E-state index in [-0.39, 0.29) is 5.97 Å². The first-order valence-electron chi connectivity index (χ1n) is 6.36. The number of aryl methyl sites for hydroxylation is 1. The fraction of sp³-hybridized carbons (Fsp3) is 0.0588. The molecule has 0 atom stereocenters. The molecule has 3 aromatic rings. The van der Waals surface area contributed by atoms with E-state index in [4.69, 9.17) is 4.74 Å². The molecule has 3 nitrogen and oxygen atoms in total. The molecule has 0 amide bonds. The van der Waals surface area contributed by atoms with Crippen molar-refractivity contribution in [1.82, 2.24) is 4.98 Å². The van der Waals surface area contributed by atoms with Crippen LogP contribution in [0.15, 0.2) is 60.8 Å². The van der Waals surface area contributed by atoms with Crippen LogP contribution in [0.4, 0.5) is 0 Å². The molecule has 20 heavy (non-hydrogen) atoms. The summed E-state index contributed by atoms with van der Waals surface area (Å²) in [6, 6.07) is 16.5. The molecule has 3 rings (SSSR count). The summed E-state index contributed by atoms with van der Waals surface area (Å²) in [7, 11) is 0. The molecule has 0 N–H and O–H groups in total. The number of pyridine rings is 1. The summed E-state index contributed by atoms with van der Waals surface area (Å²) in [6.45, 7) is 1.98. The lowest BCUT2D eigenvalue weighted by atomic mass is 10.1. The van der Waals surface area contributed by atoms with Gasteiger partial charge in [0.05, 0.1) is 5.56 Å². The van der Waals surface area contributed by atoms with Gasteiger partial charge in [-0.25, -0.2) is 4.79 Å². The van der Waals surface area contributed by atoms with Crippen molar-refractivity contribution in [2.75, 3.05) is 0 Å². The molecule has 0 bridgehead atoms. The van der Waals surface area contributed by atoms with Gasteiger partial charge in [-0.2, -0.15) is 0 Å². The third-order valence-electron chi connectivity index (χ3n) is 3.02. The lowest BCUT2D eigenvalue weighted by Gasteiger charge is -2.07. The van der Waals surface area contributed by atoms with Gasteiger partial charge in [-0.15, -0.1) is 0 Å². The molecule has 0 aliphatic rings. The number of rotatable bonds is 2. The second-order valence-corrected chi connectivity index (χ2v) is 4.60. The molecule has 1 aromatic heterocycles. The van der Waals surface area contributed by atoms with Crippen LogP contribution in [0.1, 0.15) is 15.9 Å². The van der Waals surface area contributed by atoms with Crippen LogP contribution in [0.2, 0.25) is 0 Å². The highest BCUT2D eigenvalue weighted by Crippen LogP contribution is 2.24. The molecule has 2 aromatic carbocycles. The van der Waals surface area contributed by atoms with Gasteiger partial charge >= 0.3 is 5.97 Å². The Morgan fingerprint density at radius 1 is 1.05 bits per heavy atom. The number of fused-ring (bicyclic) bond motifs is 1. The maximum absolute atomic E-state index is 12.1.